The maximum Gasteiger partial charge on any atom is 0.189 e. The lowest BCUT2D eigenvalue weighted by molar-refractivity contribution is 0.126. The van der Waals surface area contributed by atoms with Crippen LogP contribution in [0.5, 0.6) is 0 Å². The molecule has 3 heterocycles. The average molecular weight is 500 g/mol. The van der Waals surface area contributed by atoms with Crippen molar-refractivity contribution in [3.05, 3.63) is 59.9 Å². The van der Waals surface area contributed by atoms with Crippen molar-refractivity contribution < 1.29 is 5.11 Å². The maximum absolute atomic E-state index is 9.82. The molecule has 1 aromatic carbocycles. The molecule has 0 amide bonds. The van der Waals surface area contributed by atoms with Crippen molar-refractivity contribution in [1.29, 1.82) is 5.26 Å². The Hall–Kier alpha value is -3.58. The van der Waals surface area contributed by atoms with Crippen molar-refractivity contribution in [2.45, 2.75) is 51.3 Å². The number of benzene rings is 1. The van der Waals surface area contributed by atoms with E-state index >= 15 is 0 Å². The SMILES string of the molecule is CCNCc1cc(Nc2nc3ccc(-c4cncc(C#N)c4)cc3s2)nc(NC2CCC(O)CC2)c1. The number of rotatable bonds is 8. The molecule has 36 heavy (non-hydrogen) atoms. The Morgan fingerprint density at radius 1 is 1.03 bits per heavy atom. The van der Waals surface area contributed by atoms with Gasteiger partial charge in [0.05, 0.1) is 21.9 Å². The molecule has 0 bridgehead atoms. The minimum Gasteiger partial charge on any atom is -0.393 e. The van der Waals surface area contributed by atoms with Crippen LogP contribution in [0.2, 0.25) is 0 Å². The molecule has 8 nitrogen and oxygen atoms in total. The molecule has 0 saturated heterocycles. The normalized spacial score (nSPS) is 17.6. The Morgan fingerprint density at radius 2 is 1.86 bits per heavy atom. The predicted molar refractivity (Wildman–Crippen MR) is 144 cm³/mol. The number of aromatic nitrogens is 3. The first-order valence-corrected chi connectivity index (χ1v) is 13.1. The monoisotopic (exact) mass is 499 g/mol. The highest BCUT2D eigenvalue weighted by molar-refractivity contribution is 7.22. The quantitative estimate of drug-likeness (QED) is 0.261. The highest BCUT2D eigenvalue weighted by atomic mass is 32.1. The van der Waals surface area contributed by atoms with E-state index < -0.39 is 0 Å². The van der Waals surface area contributed by atoms with Crippen LogP contribution in [0.3, 0.4) is 0 Å². The number of hydrogen-bond donors (Lipinski definition) is 4. The van der Waals surface area contributed by atoms with E-state index in [1.54, 1.807) is 23.7 Å². The van der Waals surface area contributed by atoms with E-state index in [1.807, 2.05) is 18.2 Å². The summed E-state index contributed by atoms with van der Waals surface area (Å²) in [6.07, 6.45) is 6.68. The summed E-state index contributed by atoms with van der Waals surface area (Å²) in [6, 6.07) is 14.5. The van der Waals surface area contributed by atoms with E-state index in [2.05, 4.69) is 52.1 Å². The summed E-state index contributed by atoms with van der Waals surface area (Å²) >= 11 is 1.56. The molecule has 0 aliphatic heterocycles. The van der Waals surface area contributed by atoms with Gasteiger partial charge in [-0.05, 0) is 73.7 Å². The molecule has 5 rings (SSSR count). The van der Waals surface area contributed by atoms with Gasteiger partial charge in [-0.2, -0.15) is 5.26 Å². The van der Waals surface area contributed by atoms with Crippen molar-refractivity contribution >= 4 is 38.3 Å². The third-order valence-electron chi connectivity index (χ3n) is 6.34. The number of nitrogens with zero attached hydrogens (tertiary/aromatic N) is 4. The highest BCUT2D eigenvalue weighted by Crippen LogP contribution is 2.32. The first kappa shape index (κ1) is 24.1. The van der Waals surface area contributed by atoms with Gasteiger partial charge in [-0.3, -0.25) is 4.98 Å². The van der Waals surface area contributed by atoms with Crippen molar-refractivity contribution in [1.82, 2.24) is 20.3 Å². The molecule has 1 aliphatic rings. The largest absolute Gasteiger partial charge is 0.393 e. The summed E-state index contributed by atoms with van der Waals surface area (Å²) in [7, 11) is 0. The van der Waals surface area contributed by atoms with Crippen molar-refractivity contribution in [2.24, 2.45) is 0 Å². The van der Waals surface area contributed by atoms with Crippen LogP contribution in [0.15, 0.2) is 48.8 Å². The van der Waals surface area contributed by atoms with E-state index in [4.69, 9.17) is 9.97 Å². The number of aliphatic hydroxyl groups is 1. The summed E-state index contributed by atoms with van der Waals surface area (Å²) in [5.74, 6) is 1.58. The van der Waals surface area contributed by atoms with E-state index in [1.165, 1.54) is 0 Å². The highest BCUT2D eigenvalue weighted by Gasteiger charge is 2.20. The molecule has 4 aromatic rings. The van der Waals surface area contributed by atoms with Gasteiger partial charge >= 0.3 is 0 Å². The molecule has 3 aromatic heterocycles. The lowest BCUT2D eigenvalue weighted by atomic mass is 9.93. The van der Waals surface area contributed by atoms with Crippen LogP contribution < -0.4 is 16.0 Å². The van der Waals surface area contributed by atoms with Crippen molar-refractivity contribution in [3.8, 4) is 17.2 Å². The van der Waals surface area contributed by atoms with Gasteiger partial charge in [0, 0.05) is 30.5 Å². The fourth-order valence-electron chi connectivity index (χ4n) is 4.45. The van der Waals surface area contributed by atoms with Gasteiger partial charge in [0.2, 0.25) is 0 Å². The number of thiazole rings is 1. The van der Waals surface area contributed by atoms with E-state index in [0.717, 1.165) is 82.4 Å². The van der Waals surface area contributed by atoms with E-state index in [9.17, 15) is 10.4 Å². The minimum absolute atomic E-state index is 0.181. The van der Waals surface area contributed by atoms with Crippen molar-refractivity contribution in [3.63, 3.8) is 0 Å². The summed E-state index contributed by atoms with van der Waals surface area (Å²) in [6.45, 7) is 3.74. The molecular weight excluding hydrogens is 470 g/mol. The molecule has 1 fully saturated rings. The number of nitriles is 1. The number of pyridine rings is 2. The van der Waals surface area contributed by atoms with Gasteiger partial charge in [0.25, 0.3) is 0 Å². The number of anilines is 3. The van der Waals surface area contributed by atoms with E-state index in [0.29, 0.717) is 11.6 Å². The van der Waals surface area contributed by atoms with Gasteiger partial charge in [-0.1, -0.05) is 24.3 Å². The van der Waals surface area contributed by atoms with Crippen LogP contribution >= 0.6 is 11.3 Å². The molecule has 1 aliphatic carbocycles. The second-order valence-corrected chi connectivity index (χ2v) is 10.1. The zero-order valence-corrected chi connectivity index (χ0v) is 21.0. The minimum atomic E-state index is -0.181. The third-order valence-corrected chi connectivity index (χ3v) is 7.27. The molecule has 0 unspecified atom stereocenters. The zero-order valence-electron chi connectivity index (χ0n) is 20.2. The first-order chi connectivity index (χ1) is 17.6. The molecule has 9 heteroatoms. The first-order valence-electron chi connectivity index (χ1n) is 12.3. The van der Waals surface area contributed by atoms with Crippen LogP contribution in [0.25, 0.3) is 21.3 Å². The number of aliphatic hydroxyl groups excluding tert-OH is 1. The van der Waals surface area contributed by atoms with Crippen LogP contribution in [-0.4, -0.2) is 38.7 Å². The fraction of sp³-hybridized carbons (Fsp3) is 0.333. The Labute approximate surface area is 214 Å². The predicted octanol–water partition coefficient (Wildman–Crippen LogP) is 5.19. The Bertz CT molecular complexity index is 1390. The third kappa shape index (κ3) is 5.79. The van der Waals surface area contributed by atoms with Crippen molar-refractivity contribution in [2.75, 3.05) is 17.2 Å². The van der Waals surface area contributed by atoms with E-state index in [-0.39, 0.29) is 6.10 Å². The summed E-state index contributed by atoms with van der Waals surface area (Å²) in [4.78, 5) is 13.8. The summed E-state index contributed by atoms with van der Waals surface area (Å²) in [5.41, 5.74) is 4.48. The second kappa shape index (κ2) is 11.0. The molecule has 0 atom stereocenters. The molecule has 0 radical (unpaired) electrons. The Kier molecular flexibility index (Phi) is 7.37. The van der Waals surface area contributed by atoms with Gasteiger partial charge in [-0.15, -0.1) is 0 Å². The van der Waals surface area contributed by atoms with Gasteiger partial charge in [0.1, 0.15) is 17.7 Å². The molecule has 1 saturated carbocycles. The smallest absolute Gasteiger partial charge is 0.189 e. The average Bonchev–Trinajstić information content (AvgIpc) is 3.30. The zero-order chi connectivity index (χ0) is 24.9. The standard InChI is InChI=1S/C27H29N7OS/c1-2-29-14-17-10-25(31-21-4-6-22(35)7-5-21)33-26(11-17)34-27-32-23-8-3-19(12-24(23)36-27)20-9-18(13-28)15-30-16-20/h3,8-12,15-16,21-22,29,35H,2,4-7,14H2,1H3,(H2,31,32,33,34). The van der Waals surface area contributed by atoms with Crippen LogP contribution in [-0.2, 0) is 6.54 Å². The number of hydrogen-bond acceptors (Lipinski definition) is 9. The van der Waals surface area contributed by atoms with Crippen LogP contribution in [0.1, 0.15) is 43.7 Å². The number of fused-ring (bicyclic) bond motifs is 1. The van der Waals surface area contributed by atoms with Crippen LogP contribution in [0, 0.1) is 11.3 Å². The summed E-state index contributed by atoms with van der Waals surface area (Å²) in [5, 5.41) is 30.1. The lowest BCUT2D eigenvalue weighted by Crippen LogP contribution is -2.28. The summed E-state index contributed by atoms with van der Waals surface area (Å²) < 4.78 is 1.04. The van der Waals surface area contributed by atoms with Gasteiger partial charge < -0.3 is 21.1 Å². The van der Waals surface area contributed by atoms with Crippen LogP contribution in [0.4, 0.5) is 16.8 Å². The second-order valence-electron chi connectivity index (χ2n) is 9.08. The van der Waals surface area contributed by atoms with Gasteiger partial charge in [-0.25, -0.2) is 9.97 Å². The molecule has 4 N–H and O–H groups in total. The topological polar surface area (TPSA) is 119 Å². The maximum atomic E-state index is 9.82. The Morgan fingerprint density at radius 3 is 2.67 bits per heavy atom. The molecule has 184 valence electrons. The lowest BCUT2D eigenvalue weighted by Gasteiger charge is -2.27. The Balaban J connectivity index is 1.38. The molecule has 0 spiro atoms. The molecular formula is C27H29N7OS. The fourth-order valence-corrected chi connectivity index (χ4v) is 5.36. The number of nitrogens with one attached hydrogen (secondary N) is 3. The van der Waals surface area contributed by atoms with Gasteiger partial charge in [0.15, 0.2) is 5.13 Å².